The van der Waals surface area contributed by atoms with Crippen molar-refractivity contribution < 1.29 is 30.5 Å². The summed E-state index contributed by atoms with van der Waals surface area (Å²) in [6, 6.07) is 83.2. The van der Waals surface area contributed by atoms with Crippen LogP contribution in [0.5, 0.6) is 23.0 Å². The predicted molar refractivity (Wildman–Crippen MR) is 450 cm³/mol. The van der Waals surface area contributed by atoms with Crippen LogP contribution >= 0.6 is 0 Å². The van der Waals surface area contributed by atoms with E-state index >= 15 is 0 Å². The Balaban J connectivity index is 0.000000154. The quantitative estimate of drug-likeness (QED) is 0.0982. The number of pyridine rings is 6. The van der Waals surface area contributed by atoms with Crippen LogP contribution in [0, 0.1) is 95.2 Å². The minimum Gasteiger partial charge on any atom is -0.503 e. The smallest absolute Gasteiger partial charge is 0.503 e. The molecule has 0 atom stereocenters. The van der Waals surface area contributed by atoms with Gasteiger partial charge in [0.05, 0.1) is 61.5 Å². The van der Waals surface area contributed by atoms with Gasteiger partial charge < -0.3 is 18.4 Å². The average Bonchev–Trinajstić information content (AvgIpc) is 1.60. The zero-order valence-electron chi connectivity index (χ0n) is 63.7. The Bertz CT molecular complexity index is 6730. The topological polar surface area (TPSA) is 114 Å². The van der Waals surface area contributed by atoms with E-state index in [0.717, 1.165) is 150 Å². The van der Waals surface area contributed by atoms with E-state index in [-0.39, 0.29) is 21.1 Å². The first-order valence-electron chi connectivity index (χ1n) is 37.4. The van der Waals surface area contributed by atoms with E-state index in [4.69, 9.17) is 34.4 Å². The van der Waals surface area contributed by atoms with Gasteiger partial charge in [-0.2, -0.15) is 6.07 Å². The van der Waals surface area contributed by atoms with Gasteiger partial charge in [-0.05, 0) is 224 Å². The maximum Gasteiger partial charge on any atom is 2.00 e. The van der Waals surface area contributed by atoms with Gasteiger partial charge >= 0.3 is 21.1 Å². The molecule has 0 amide bonds. The molecule has 12 nitrogen and oxygen atoms in total. The summed E-state index contributed by atoms with van der Waals surface area (Å²) in [6.07, 6.45) is 7.38. The van der Waals surface area contributed by atoms with E-state index in [0.29, 0.717) is 11.5 Å². The van der Waals surface area contributed by atoms with Gasteiger partial charge in [0.25, 0.3) is 0 Å². The van der Waals surface area contributed by atoms with Crippen molar-refractivity contribution in [2.75, 3.05) is 0 Å². The Hall–Kier alpha value is -12.9. The van der Waals surface area contributed by atoms with Crippen LogP contribution in [0.3, 0.4) is 0 Å². The number of ether oxygens (including phenoxy) is 2. The fraction of sp³-hybridized carbons (Fsp3) is 0.122. The van der Waals surface area contributed by atoms with Gasteiger partial charge in [0.2, 0.25) is 0 Å². The molecule has 0 aliphatic carbocycles. The van der Waals surface area contributed by atoms with Gasteiger partial charge in [0.15, 0.2) is 0 Å². The summed E-state index contributed by atoms with van der Waals surface area (Å²) in [5, 5.41) is 8.33. The largest absolute Gasteiger partial charge is 2.00 e. The Morgan fingerprint density at radius 1 is 0.297 bits per heavy atom. The number of para-hydroxylation sites is 2. The third kappa shape index (κ3) is 11.6. The first kappa shape index (κ1) is 69.8. The van der Waals surface area contributed by atoms with E-state index in [9.17, 15) is 0 Å². The molecule has 0 radical (unpaired) electrons. The van der Waals surface area contributed by atoms with Crippen molar-refractivity contribution in [3.05, 3.63) is 322 Å². The molecule has 0 unspecified atom stereocenters. The van der Waals surface area contributed by atoms with Crippen molar-refractivity contribution in [3.8, 4) is 79.7 Å². The van der Waals surface area contributed by atoms with Crippen LogP contribution in [0.15, 0.2) is 243 Å². The molecule has 0 aliphatic rings. The second-order valence-corrected chi connectivity index (χ2v) is 29.6. The van der Waals surface area contributed by atoms with Crippen molar-refractivity contribution >= 4 is 98.5 Å². The summed E-state index contributed by atoms with van der Waals surface area (Å²) < 4.78 is 22.4. The second kappa shape index (κ2) is 27.3. The van der Waals surface area contributed by atoms with Gasteiger partial charge in [0, 0.05) is 91.7 Å². The van der Waals surface area contributed by atoms with Gasteiger partial charge in [-0.25, -0.2) is 15.0 Å². The number of benzene rings is 10. The van der Waals surface area contributed by atoms with Gasteiger partial charge in [-0.3, -0.25) is 23.9 Å². The molecule has 0 saturated carbocycles. The van der Waals surface area contributed by atoms with Gasteiger partial charge in [-0.15, -0.1) is 23.6 Å². The van der Waals surface area contributed by atoms with Crippen molar-refractivity contribution in [1.29, 1.82) is 0 Å². The fourth-order valence-electron chi connectivity index (χ4n) is 17.8. The molecule has 0 bridgehead atoms. The van der Waals surface area contributed by atoms with Crippen LogP contribution in [0.4, 0.5) is 0 Å². The Morgan fingerprint density at radius 3 is 1.24 bits per heavy atom. The third-order valence-electron chi connectivity index (χ3n) is 21.8. The monoisotopic (exact) mass is 1620 g/mol. The van der Waals surface area contributed by atoms with E-state index in [1.807, 2.05) is 91.5 Å². The summed E-state index contributed by atoms with van der Waals surface area (Å²) in [6.45, 7) is 26.2. The SMILES string of the molecule is Cc1cc(C)c(-c2nc3c4[c-]c(Oc5[c-]c6c(cc5)c5ccccc5n6-c5ccccn5)ccc4c4ncccc4n3c2-c2c(C)cc(C)cc2C)c(C)c1.Cc1cc(C)c(-c2nc3c4cc(Oc5ccc6c7ccccc7n(-c7ccccn7)c6c5)ccc4c4ncccc4n3c2-c2c(C)cc(C)cc2C)c(C)c1.[Pt+2]. The zero-order valence-corrected chi connectivity index (χ0v) is 66.0. The normalized spacial score (nSPS) is 11.7. The van der Waals surface area contributed by atoms with Crippen molar-refractivity contribution in [3.63, 3.8) is 0 Å². The second-order valence-electron chi connectivity index (χ2n) is 29.6. The first-order valence-corrected chi connectivity index (χ1v) is 37.4. The molecule has 111 heavy (non-hydrogen) atoms. The minimum absolute atomic E-state index is 0. The number of aromatic nitrogens is 10. The minimum atomic E-state index is 0. The molecule has 10 heterocycles. The van der Waals surface area contributed by atoms with E-state index in [2.05, 4.69) is 270 Å². The Labute approximate surface area is 657 Å². The zero-order chi connectivity index (χ0) is 75.1. The maximum atomic E-state index is 6.76. The molecule has 0 spiro atoms. The van der Waals surface area contributed by atoms with Gasteiger partial charge in [-0.1, -0.05) is 148 Å². The van der Waals surface area contributed by atoms with Crippen molar-refractivity contribution in [2.24, 2.45) is 0 Å². The van der Waals surface area contributed by atoms with Crippen LogP contribution in [-0.2, 0) is 21.1 Å². The number of hydrogen-bond acceptors (Lipinski definition) is 8. The molecular weight excluding hydrogens is 1540 g/mol. The number of imidazole rings is 2. The molecule has 10 aromatic carbocycles. The number of aryl methyl sites for hydroxylation is 12. The van der Waals surface area contributed by atoms with Crippen molar-refractivity contribution in [1.82, 2.24) is 47.8 Å². The predicted octanol–water partition coefficient (Wildman–Crippen LogP) is 24.6. The molecular formula is C98H76N10O2Pt. The number of nitrogens with zero attached hydrogens (tertiary/aromatic N) is 10. The summed E-state index contributed by atoms with van der Waals surface area (Å²) in [7, 11) is 0. The van der Waals surface area contributed by atoms with E-state index in [1.54, 1.807) is 0 Å². The summed E-state index contributed by atoms with van der Waals surface area (Å²) >= 11 is 0. The maximum absolute atomic E-state index is 6.76. The summed E-state index contributed by atoms with van der Waals surface area (Å²) in [5.74, 6) is 4.30. The molecule has 10 aromatic heterocycles. The molecule has 13 heteroatoms. The van der Waals surface area contributed by atoms with Crippen LogP contribution in [0.2, 0.25) is 0 Å². The van der Waals surface area contributed by atoms with Gasteiger partial charge in [0.1, 0.15) is 28.8 Å². The molecule has 20 rings (SSSR count). The van der Waals surface area contributed by atoms with E-state index < -0.39 is 0 Å². The summed E-state index contributed by atoms with van der Waals surface area (Å²) in [5.41, 5.74) is 32.9. The Kier molecular flexibility index (Phi) is 17.2. The average molecular weight is 1620 g/mol. The molecule has 540 valence electrons. The number of hydrogen-bond donors (Lipinski definition) is 0. The van der Waals surface area contributed by atoms with Crippen LogP contribution in [0.25, 0.3) is 155 Å². The van der Waals surface area contributed by atoms with Crippen LogP contribution < -0.4 is 9.47 Å². The third-order valence-corrected chi connectivity index (χ3v) is 21.8. The first-order chi connectivity index (χ1) is 53.5. The molecule has 0 fully saturated rings. The van der Waals surface area contributed by atoms with Crippen LogP contribution in [-0.4, -0.2) is 47.8 Å². The molecule has 0 aliphatic heterocycles. The number of fused-ring (bicyclic) bond motifs is 18. The molecule has 20 aromatic rings. The van der Waals surface area contributed by atoms with E-state index in [1.165, 1.54) is 83.3 Å². The van der Waals surface area contributed by atoms with Crippen molar-refractivity contribution in [2.45, 2.75) is 83.1 Å². The number of rotatable bonds is 10. The standard InChI is InChI=1S/C49H39N5O.C49H37N5O.Pt/c2*1-28-22-30(3)44(31(4)23-28)47-48(45-32(5)24-29(2)25-33(45)6)54-41-14-11-21-51-46(41)38-19-17-34(26-39(38)49(54)52-47)55-35-16-18-37-36-12-7-8-13-40(36)53(42(37)27-35)43-15-9-10-20-50-43;/h7-27H,1-6H3;7-25H,1-6H3;/q;-2;+2. The molecule has 0 saturated heterocycles. The summed E-state index contributed by atoms with van der Waals surface area (Å²) in [4.78, 5) is 30.6. The molecule has 0 N–H and O–H groups in total. The fourth-order valence-corrected chi connectivity index (χ4v) is 17.8. The van der Waals surface area contributed by atoms with Crippen LogP contribution in [0.1, 0.15) is 66.8 Å². The Morgan fingerprint density at radius 2 is 0.703 bits per heavy atom.